The number of fused-ring (bicyclic) bond motifs is 5. The first-order chi connectivity index (χ1) is 17.6. The number of carbonyl (C=O) groups excluding carboxylic acids is 2. The van der Waals surface area contributed by atoms with Gasteiger partial charge in [-0.2, -0.15) is 0 Å². The minimum atomic E-state index is -1.73. The molecular formula is C32H52O7. The van der Waals surface area contributed by atoms with Gasteiger partial charge in [0.25, 0.3) is 0 Å². The lowest BCUT2D eigenvalue weighted by Gasteiger charge is -2.66. The highest BCUT2D eigenvalue weighted by Crippen LogP contribution is 2.75. The lowest BCUT2D eigenvalue weighted by atomic mass is 9.38. The molecule has 0 amide bonds. The van der Waals surface area contributed by atoms with Crippen LogP contribution in [-0.4, -0.2) is 61.7 Å². The second-order valence-electron chi connectivity index (χ2n) is 15.5. The third-order valence-corrected chi connectivity index (χ3v) is 12.4. The number of ether oxygens (including phenoxy) is 1. The van der Waals surface area contributed by atoms with Crippen molar-refractivity contribution in [1.29, 1.82) is 0 Å². The molecule has 0 heterocycles. The van der Waals surface area contributed by atoms with E-state index in [-0.39, 0.29) is 41.3 Å². The Kier molecular flexibility index (Phi) is 7.37. The van der Waals surface area contributed by atoms with E-state index in [9.17, 15) is 30.0 Å². The number of esters is 1. The van der Waals surface area contributed by atoms with Crippen molar-refractivity contribution in [2.24, 2.45) is 39.4 Å². The molecular weight excluding hydrogens is 496 g/mol. The van der Waals surface area contributed by atoms with Crippen molar-refractivity contribution in [3.63, 3.8) is 0 Å². The molecule has 0 saturated heterocycles. The Hall–Kier alpha value is -1.28. The van der Waals surface area contributed by atoms with Gasteiger partial charge in [-0.05, 0) is 87.4 Å². The van der Waals surface area contributed by atoms with Crippen molar-refractivity contribution in [2.45, 2.75) is 137 Å². The minimum Gasteiger partial charge on any atom is -0.460 e. The number of rotatable bonds is 6. The Morgan fingerprint density at radius 2 is 1.62 bits per heavy atom. The van der Waals surface area contributed by atoms with E-state index >= 15 is 0 Å². The fraction of sp³-hybridized carbons (Fsp3) is 0.875. The van der Waals surface area contributed by atoms with Crippen LogP contribution in [0.1, 0.15) is 107 Å². The summed E-state index contributed by atoms with van der Waals surface area (Å²) in [4.78, 5) is 25.0. The molecule has 222 valence electrons. The molecule has 7 nitrogen and oxygen atoms in total. The third kappa shape index (κ3) is 4.45. The number of allylic oxidation sites excluding steroid dienone is 1. The van der Waals surface area contributed by atoms with Crippen molar-refractivity contribution in [2.75, 3.05) is 0 Å². The van der Waals surface area contributed by atoms with Crippen LogP contribution in [0.4, 0.5) is 0 Å². The molecule has 0 aromatic heterocycles. The van der Waals surface area contributed by atoms with E-state index in [0.717, 1.165) is 19.3 Å². The van der Waals surface area contributed by atoms with Crippen LogP contribution in [0.25, 0.3) is 0 Å². The summed E-state index contributed by atoms with van der Waals surface area (Å²) in [6.45, 7) is 17.2. The summed E-state index contributed by atoms with van der Waals surface area (Å²) in [6.07, 6.45) is 3.66. The van der Waals surface area contributed by atoms with Crippen LogP contribution in [0.3, 0.4) is 0 Å². The second kappa shape index (κ2) is 9.37. The molecule has 4 rings (SSSR count). The monoisotopic (exact) mass is 548 g/mol. The van der Waals surface area contributed by atoms with Gasteiger partial charge >= 0.3 is 5.97 Å². The SMILES string of the molecule is CC(=O)OC(C)(C)CCC(=O)[C@](C)(O)[C@H]1[C@H](O)C[C@@]2(C)[C@@H]3CC=C4[C@H](C[C@@H](O)[C@@H](O)C4(C)C)[C@]3(C)CC[C@]12C. The average Bonchev–Trinajstić information content (AvgIpc) is 3.01. The van der Waals surface area contributed by atoms with Crippen LogP contribution in [-0.2, 0) is 14.3 Å². The van der Waals surface area contributed by atoms with E-state index in [1.807, 2.05) is 13.8 Å². The first kappa shape index (κ1) is 30.7. The van der Waals surface area contributed by atoms with Gasteiger partial charge in [0.2, 0.25) is 0 Å². The minimum absolute atomic E-state index is 0.0495. The predicted octanol–water partition coefficient (Wildman–Crippen LogP) is 4.34. The normalized spacial score (nSPS) is 44.8. The van der Waals surface area contributed by atoms with Crippen LogP contribution in [0, 0.1) is 39.4 Å². The van der Waals surface area contributed by atoms with Gasteiger partial charge in [0.15, 0.2) is 5.78 Å². The van der Waals surface area contributed by atoms with Gasteiger partial charge in [-0.25, -0.2) is 0 Å². The lowest BCUT2D eigenvalue weighted by Crippen LogP contribution is -2.62. The molecule has 0 spiro atoms. The van der Waals surface area contributed by atoms with E-state index in [4.69, 9.17) is 4.74 Å². The average molecular weight is 549 g/mol. The summed E-state index contributed by atoms with van der Waals surface area (Å²) in [5.41, 5.74) is -2.77. The van der Waals surface area contributed by atoms with Gasteiger partial charge in [0, 0.05) is 24.7 Å². The van der Waals surface area contributed by atoms with Crippen LogP contribution >= 0.6 is 0 Å². The molecule has 39 heavy (non-hydrogen) atoms. The lowest BCUT2D eigenvalue weighted by molar-refractivity contribution is -0.183. The number of hydrogen-bond acceptors (Lipinski definition) is 7. The molecule has 4 N–H and O–H groups in total. The molecule has 3 fully saturated rings. The highest BCUT2D eigenvalue weighted by Gasteiger charge is 2.72. The maximum atomic E-state index is 13.6. The van der Waals surface area contributed by atoms with Gasteiger partial charge in [0.1, 0.15) is 11.2 Å². The Bertz CT molecular complexity index is 1040. The fourth-order valence-electron chi connectivity index (χ4n) is 10.1. The van der Waals surface area contributed by atoms with Gasteiger partial charge < -0.3 is 25.2 Å². The molecule has 3 saturated carbocycles. The van der Waals surface area contributed by atoms with Crippen molar-refractivity contribution < 1.29 is 34.8 Å². The summed E-state index contributed by atoms with van der Waals surface area (Å²) in [7, 11) is 0. The number of aliphatic hydroxyl groups excluding tert-OH is 3. The number of ketones is 1. The Morgan fingerprint density at radius 3 is 2.21 bits per heavy atom. The molecule has 0 bridgehead atoms. The van der Waals surface area contributed by atoms with Crippen molar-refractivity contribution >= 4 is 11.8 Å². The Morgan fingerprint density at radius 1 is 1.00 bits per heavy atom. The van der Waals surface area contributed by atoms with Crippen LogP contribution in [0.2, 0.25) is 0 Å². The van der Waals surface area contributed by atoms with Gasteiger partial charge in [-0.1, -0.05) is 46.3 Å². The number of Topliss-reactive ketones (excluding diaryl/α,β-unsaturated/α-hetero) is 1. The smallest absolute Gasteiger partial charge is 0.303 e. The van der Waals surface area contributed by atoms with Gasteiger partial charge in [0.05, 0.1) is 18.3 Å². The van der Waals surface area contributed by atoms with E-state index in [2.05, 4.69) is 26.8 Å². The Labute approximate surface area is 234 Å². The molecule has 4 aliphatic carbocycles. The number of carbonyl (C=O) groups is 2. The first-order valence-electron chi connectivity index (χ1n) is 14.8. The maximum Gasteiger partial charge on any atom is 0.303 e. The molecule has 0 radical (unpaired) electrons. The van der Waals surface area contributed by atoms with Crippen molar-refractivity contribution in [3.05, 3.63) is 11.6 Å². The number of hydrogen-bond donors (Lipinski definition) is 4. The quantitative estimate of drug-likeness (QED) is 0.288. The second-order valence-corrected chi connectivity index (χ2v) is 15.5. The summed E-state index contributed by atoms with van der Waals surface area (Å²) >= 11 is 0. The van der Waals surface area contributed by atoms with Gasteiger partial charge in [-0.15, -0.1) is 0 Å². The summed E-state index contributed by atoms with van der Waals surface area (Å²) in [5.74, 6) is -1.03. The highest BCUT2D eigenvalue weighted by atomic mass is 16.6. The van der Waals surface area contributed by atoms with E-state index in [0.29, 0.717) is 12.8 Å². The van der Waals surface area contributed by atoms with Crippen LogP contribution in [0.5, 0.6) is 0 Å². The molecule has 7 heteroatoms. The summed E-state index contributed by atoms with van der Waals surface area (Å²) in [5, 5.41) is 45.1. The summed E-state index contributed by atoms with van der Waals surface area (Å²) in [6, 6.07) is 0. The fourth-order valence-corrected chi connectivity index (χ4v) is 10.1. The van der Waals surface area contributed by atoms with E-state index in [1.165, 1.54) is 12.5 Å². The van der Waals surface area contributed by atoms with E-state index in [1.54, 1.807) is 20.8 Å². The van der Waals surface area contributed by atoms with Crippen LogP contribution in [0.15, 0.2) is 11.6 Å². The number of aliphatic hydroxyl groups is 4. The maximum absolute atomic E-state index is 13.6. The molecule has 0 aromatic carbocycles. The summed E-state index contributed by atoms with van der Waals surface area (Å²) < 4.78 is 5.35. The largest absolute Gasteiger partial charge is 0.460 e. The zero-order valence-electron chi connectivity index (χ0n) is 25.5. The van der Waals surface area contributed by atoms with Crippen LogP contribution < -0.4 is 0 Å². The molecule has 0 aromatic rings. The Balaban J connectivity index is 1.65. The van der Waals surface area contributed by atoms with Crippen molar-refractivity contribution in [1.82, 2.24) is 0 Å². The van der Waals surface area contributed by atoms with Gasteiger partial charge in [-0.3, -0.25) is 9.59 Å². The standard InChI is InChI=1S/C32H52O7/c1-18(33)39-27(2,3)13-12-24(36)32(9,38)25-22(35)17-31(8)23-11-10-19-20(16-21(34)26(37)28(19,4)5)29(23,6)14-15-30(25,31)7/h10,20-23,25-26,34-35,37-38H,11-17H2,1-9H3/t20-,21+,22+,23+,25-,26+,29-,30+,31-,32-/m0/s1. The van der Waals surface area contributed by atoms with Crippen molar-refractivity contribution in [3.8, 4) is 0 Å². The molecule has 4 aliphatic rings. The highest BCUT2D eigenvalue weighted by molar-refractivity contribution is 5.87. The molecule has 0 unspecified atom stereocenters. The third-order valence-electron chi connectivity index (χ3n) is 12.4. The predicted molar refractivity (Wildman–Crippen MR) is 148 cm³/mol. The zero-order valence-corrected chi connectivity index (χ0v) is 25.5. The topological polar surface area (TPSA) is 124 Å². The zero-order chi connectivity index (χ0) is 29.6. The first-order valence-corrected chi connectivity index (χ1v) is 14.8. The van der Waals surface area contributed by atoms with E-state index < -0.39 is 52.2 Å². The molecule has 0 aliphatic heterocycles. The molecule has 10 atom stereocenters.